The molecule has 0 heterocycles. The van der Waals surface area contributed by atoms with Crippen LogP contribution in [0, 0.1) is 0 Å². The molecule has 46 heavy (non-hydrogen) atoms. The Labute approximate surface area is 279 Å². The van der Waals surface area contributed by atoms with E-state index in [1.165, 1.54) is 0 Å². The van der Waals surface area contributed by atoms with Gasteiger partial charge in [0.05, 0.1) is 13.2 Å². The molecular formula is C40H62O6. The summed E-state index contributed by atoms with van der Waals surface area (Å²) in [6, 6.07) is 8.03. The number of aryl methyl sites for hydroxylation is 2. The maximum atomic E-state index is 12.5. The van der Waals surface area contributed by atoms with Gasteiger partial charge in [-0.05, 0) is 82.4 Å². The van der Waals surface area contributed by atoms with Crippen LogP contribution < -0.4 is 0 Å². The number of benzene rings is 2. The van der Waals surface area contributed by atoms with Gasteiger partial charge in [0, 0.05) is 24.0 Å². The highest BCUT2D eigenvalue weighted by atomic mass is 16.5. The second kappa shape index (κ2) is 15.7. The number of ether oxygens (including phenoxy) is 2. The smallest absolute Gasteiger partial charge is 0.306 e. The third kappa shape index (κ3) is 11.3. The predicted octanol–water partition coefficient (Wildman–Crippen LogP) is 9.50. The first kappa shape index (κ1) is 39.2. The number of carbonyl (C=O) groups excluding carboxylic acids is 2. The Morgan fingerprint density at radius 1 is 0.522 bits per heavy atom. The van der Waals surface area contributed by atoms with E-state index in [-0.39, 0.29) is 46.4 Å². The van der Waals surface area contributed by atoms with E-state index >= 15 is 0 Å². The topological polar surface area (TPSA) is 93.1 Å². The highest BCUT2D eigenvalue weighted by molar-refractivity contribution is 5.70. The first-order valence-corrected chi connectivity index (χ1v) is 17.1. The molecule has 2 N–H and O–H groups in total. The van der Waals surface area contributed by atoms with Crippen LogP contribution in [0.15, 0.2) is 24.3 Å². The van der Waals surface area contributed by atoms with Crippen molar-refractivity contribution in [1.29, 1.82) is 0 Å². The van der Waals surface area contributed by atoms with Gasteiger partial charge in [0.25, 0.3) is 0 Å². The van der Waals surface area contributed by atoms with Crippen LogP contribution in [0.2, 0.25) is 0 Å². The normalized spacial score (nSPS) is 12.7. The van der Waals surface area contributed by atoms with Crippen LogP contribution in [-0.4, -0.2) is 35.4 Å². The van der Waals surface area contributed by atoms with Crippen molar-refractivity contribution in [3.63, 3.8) is 0 Å². The zero-order valence-electron chi connectivity index (χ0n) is 30.9. The Balaban J connectivity index is 1.72. The predicted molar refractivity (Wildman–Crippen MR) is 188 cm³/mol. The number of carbonyl (C=O) groups is 2. The molecule has 0 saturated carbocycles. The van der Waals surface area contributed by atoms with Crippen molar-refractivity contribution in [2.24, 2.45) is 0 Å². The van der Waals surface area contributed by atoms with E-state index in [9.17, 15) is 19.8 Å². The molecule has 0 amide bonds. The minimum Gasteiger partial charge on any atom is -0.507 e. The molecule has 0 bridgehead atoms. The molecule has 2 rings (SSSR count). The van der Waals surface area contributed by atoms with E-state index in [4.69, 9.17) is 9.47 Å². The summed E-state index contributed by atoms with van der Waals surface area (Å²) in [6.07, 6.45) is 4.88. The monoisotopic (exact) mass is 638 g/mol. The summed E-state index contributed by atoms with van der Waals surface area (Å²) in [5, 5.41) is 22.2. The Morgan fingerprint density at radius 3 is 1.13 bits per heavy atom. The van der Waals surface area contributed by atoms with Crippen LogP contribution in [0.4, 0.5) is 0 Å². The first-order valence-electron chi connectivity index (χ1n) is 17.1. The first-order chi connectivity index (χ1) is 21.0. The highest BCUT2D eigenvalue weighted by Crippen LogP contribution is 2.42. The Hall–Kier alpha value is -3.02. The van der Waals surface area contributed by atoms with Gasteiger partial charge in [-0.25, -0.2) is 0 Å². The third-order valence-corrected chi connectivity index (χ3v) is 8.41. The number of hydrogen-bond acceptors (Lipinski definition) is 6. The summed E-state index contributed by atoms with van der Waals surface area (Å²) in [5.74, 6) is 0.197. The fourth-order valence-electron chi connectivity index (χ4n) is 6.11. The van der Waals surface area contributed by atoms with Gasteiger partial charge in [-0.1, -0.05) is 107 Å². The van der Waals surface area contributed by atoms with E-state index in [0.717, 1.165) is 59.1 Å². The van der Waals surface area contributed by atoms with E-state index in [0.29, 0.717) is 37.6 Å². The van der Waals surface area contributed by atoms with Crippen LogP contribution in [0.5, 0.6) is 11.5 Å². The van der Waals surface area contributed by atoms with Crippen molar-refractivity contribution >= 4 is 11.9 Å². The zero-order valence-corrected chi connectivity index (χ0v) is 30.9. The molecule has 0 aliphatic rings. The van der Waals surface area contributed by atoms with Crippen molar-refractivity contribution in [2.75, 3.05) is 13.2 Å². The Kier molecular flexibility index (Phi) is 13.4. The van der Waals surface area contributed by atoms with Crippen molar-refractivity contribution in [1.82, 2.24) is 0 Å². The molecule has 258 valence electrons. The SMILES string of the molecule is CC(C)(C)c1ccc(CCC(=O)OCCCCCCOC(=O)CCc2ccc(C(C)(C)C)c(O)c2C(C)(C)C)c(C(C)(C)C)c1O. The van der Waals surface area contributed by atoms with Crippen LogP contribution in [-0.2, 0) is 53.6 Å². The lowest BCUT2D eigenvalue weighted by Crippen LogP contribution is -2.20. The van der Waals surface area contributed by atoms with Crippen molar-refractivity contribution in [2.45, 2.75) is 156 Å². The van der Waals surface area contributed by atoms with Crippen molar-refractivity contribution in [3.05, 3.63) is 57.6 Å². The maximum Gasteiger partial charge on any atom is 0.306 e. The number of unbranched alkanes of at least 4 members (excludes halogenated alkanes) is 3. The molecule has 0 radical (unpaired) electrons. The number of aromatic hydroxyl groups is 2. The van der Waals surface area contributed by atoms with Gasteiger partial charge in [-0.2, -0.15) is 0 Å². The van der Waals surface area contributed by atoms with Gasteiger partial charge in [0.15, 0.2) is 0 Å². The standard InChI is InChI=1S/C40H62O6/c1-37(2,3)29-21-17-27(33(35(29)43)39(7,8)9)19-23-31(41)45-25-15-13-14-16-26-46-32(42)24-20-28-18-22-30(38(4,5)6)36(44)34(28)40(10,11)12/h17-18,21-22,43-44H,13-16,19-20,23-26H2,1-12H3. The number of rotatable bonds is 13. The molecule has 2 aromatic rings. The third-order valence-electron chi connectivity index (χ3n) is 8.41. The summed E-state index contributed by atoms with van der Waals surface area (Å²) in [7, 11) is 0. The molecule has 0 saturated heterocycles. The number of phenolic OH excluding ortho intramolecular Hbond substituents is 2. The summed E-state index contributed by atoms with van der Waals surface area (Å²) in [5.41, 5.74) is 4.73. The van der Waals surface area contributed by atoms with E-state index in [1.54, 1.807) is 0 Å². The quantitative estimate of drug-likeness (QED) is 0.168. The maximum absolute atomic E-state index is 12.5. The lowest BCUT2D eigenvalue weighted by Gasteiger charge is -2.29. The van der Waals surface area contributed by atoms with Gasteiger partial charge in [0.2, 0.25) is 0 Å². The molecule has 0 aliphatic heterocycles. The second-order valence-corrected chi connectivity index (χ2v) is 16.8. The zero-order chi connectivity index (χ0) is 35.1. The molecule has 0 atom stereocenters. The lowest BCUT2D eigenvalue weighted by atomic mass is 9.76. The lowest BCUT2D eigenvalue weighted by molar-refractivity contribution is -0.145. The summed E-state index contributed by atoms with van der Waals surface area (Å²) < 4.78 is 11.0. The molecule has 0 aromatic heterocycles. The van der Waals surface area contributed by atoms with Crippen LogP contribution in [0.1, 0.15) is 155 Å². The van der Waals surface area contributed by atoms with Gasteiger partial charge in [0.1, 0.15) is 11.5 Å². The van der Waals surface area contributed by atoms with Gasteiger partial charge in [-0.3, -0.25) is 9.59 Å². The number of phenols is 2. The number of hydrogen-bond donors (Lipinski definition) is 2. The minimum atomic E-state index is -0.253. The minimum absolute atomic E-state index is 0.176. The molecule has 0 spiro atoms. The summed E-state index contributed by atoms with van der Waals surface area (Å²) in [4.78, 5) is 24.9. The Morgan fingerprint density at radius 2 is 0.848 bits per heavy atom. The second-order valence-electron chi connectivity index (χ2n) is 16.8. The average molecular weight is 639 g/mol. The average Bonchev–Trinajstić information content (AvgIpc) is 2.89. The summed E-state index contributed by atoms with van der Waals surface area (Å²) >= 11 is 0. The summed E-state index contributed by atoms with van der Waals surface area (Å²) in [6.45, 7) is 25.8. The van der Waals surface area contributed by atoms with Crippen LogP contribution >= 0.6 is 0 Å². The molecule has 0 fully saturated rings. The highest BCUT2D eigenvalue weighted by Gasteiger charge is 2.29. The van der Waals surface area contributed by atoms with Crippen LogP contribution in [0.3, 0.4) is 0 Å². The fourth-order valence-corrected chi connectivity index (χ4v) is 6.11. The van der Waals surface area contributed by atoms with Crippen molar-refractivity contribution in [3.8, 4) is 11.5 Å². The van der Waals surface area contributed by atoms with E-state index in [2.05, 4.69) is 83.1 Å². The molecule has 2 aromatic carbocycles. The van der Waals surface area contributed by atoms with Crippen molar-refractivity contribution < 1.29 is 29.3 Å². The van der Waals surface area contributed by atoms with E-state index in [1.807, 2.05) is 24.3 Å². The molecule has 0 unspecified atom stereocenters. The fraction of sp³-hybridized carbons (Fsp3) is 0.650. The van der Waals surface area contributed by atoms with Gasteiger partial charge >= 0.3 is 11.9 Å². The molecule has 6 nitrogen and oxygen atoms in total. The number of esters is 2. The van der Waals surface area contributed by atoms with E-state index < -0.39 is 0 Å². The molecule has 0 aliphatic carbocycles. The van der Waals surface area contributed by atoms with Gasteiger partial charge < -0.3 is 19.7 Å². The Bertz CT molecular complexity index is 1220. The van der Waals surface area contributed by atoms with Crippen LogP contribution in [0.25, 0.3) is 0 Å². The van der Waals surface area contributed by atoms with Gasteiger partial charge in [-0.15, -0.1) is 0 Å². The molecule has 6 heteroatoms. The molecular weight excluding hydrogens is 576 g/mol. The largest absolute Gasteiger partial charge is 0.507 e.